The Balaban J connectivity index is 1.71. The topological polar surface area (TPSA) is 88.1 Å². The molecule has 1 N–H and O–H groups in total. The second-order valence-corrected chi connectivity index (χ2v) is 8.38. The lowest BCUT2D eigenvalue weighted by Gasteiger charge is -2.15. The van der Waals surface area contributed by atoms with E-state index in [1.165, 1.54) is 18.7 Å². The highest BCUT2D eigenvalue weighted by atomic mass is 32.2. The van der Waals surface area contributed by atoms with Crippen molar-refractivity contribution in [1.29, 1.82) is 0 Å². The van der Waals surface area contributed by atoms with Gasteiger partial charge < -0.3 is 10.1 Å². The highest BCUT2D eigenvalue weighted by Gasteiger charge is 2.39. The van der Waals surface area contributed by atoms with Crippen LogP contribution in [0.1, 0.15) is 29.3 Å². The zero-order valence-corrected chi connectivity index (χ0v) is 18.6. The van der Waals surface area contributed by atoms with E-state index in [4.69, 9.17) is 4.74 Å². The van der Waals surface area contributed by atoms with Crippen LogP contribution in [0.2, 0.25) is 0 Å². The fourth-order valence-corrected chi connectivity index (χ4v) is 4.27. The Morgan fingerprint density at radius 3 is 2.58 bits per heavy atom. The second-order valence-electron chi connectivity index (χ2n) is 7.21. The first-order chi connectivity index (χ1) is 14.9. The van der Waals surface area contributed by atoms with Gasteiger partial charge in [0, 0.05) is 24.8 Å². The minimum atomic E-state index is -0.558. The number of nitrogens with zero attached hydrogens (tertiary/aromatic N) is 2. The van der Waals surface area contributed by atoms with Crippen LogP contribution in [0.3, 0.4) is 0 Å². The number of benzene rings is 2. The Labute approximate surface area is 185 Å². The predicted molar refractivity (Wildman–Crippen MR) is 123 cm³/mol. The molecule has 1 atom stereocenters. The predicted octanol–water partition coefficient (Wildman–Crippen LogP) is 3.80. The molecule has 0 aromatic heterocycles. The van der Waals surface area contributed by atoms with E-state index in [9.17, 15) is 14.4 Å². The van der Waals surface area contributed by atoms with Crippen LogP contribution in [-0.2, 0) is 14.3 Å². The summed E-state index contributed by atoms with van der Waals surface area (Å²) in [5.41, 5.74) is 2.99. The number of hydrogen-bond donors (Lipinski definition) is 1. The van der Waals surface area contributed by atoms with Gasteiger partial charge in [0.2, 0.25) is 11.8 Å². The summed E-state index contributed by atoms with van der Waals surface area (Å²) >= 11 is 1.29. The highest BCUT2D eigenvalue weighted by Crippen LogP contribution is 2.32. The van der Waals surface area contributed by atoms with Crippen LogP contribution < -0.4 is 5.32 Å². The van der Waals surface area contributed by atoms with Crippen molar-refractivity contribution in [2.75, 3.05) is 25.6 Å². The van der Waals surface area contributed by atoms with Gasteiger partial charge in [-0.15, -0.1) is 0 Å². The van der Waals surface area contributed by atoms with Gasteiger partial charge >= 0.3 is 0 Å². The SMILES string of the molecule is COCCN1C(=O)C(CC(=O)Nc2ccc(C(C)=O)cc2)SC1=Nc1cccc(C)c1. The summed E-state index contributed by atoms with van der Waals surface area (Å²) < 4.78 is 5.13. The Hall–Kier alpha value is -2.97. The van der Waals surface area contributed by atoms with Gasteiger partial charge in [0.1, 0.15) is 5.25 Å². The molecule has 1 saturated heterocycles. The van der Waals surface area contributed by atoms with Gasteiger partial charge in [-0.05, 0) is 55.8 Å². The number of carbonyl (C=O) groups excluding carboxylic acids is 3. The molecule has 162 valence electrons. The molecule has 0 saturated carbocycles. The lowest BCUT2D eigenvalue weighted by atomic mass is 10.1. The van der Waals surface area contributed by atoms with Crippen LogP contribution in [0.25, 0.3) is 0 Å². The number of nitrogens with one attached hydrogen (secondary N) is 1. The zero-order valence-electron chi connectivity index (χ0n) is 17.8. The van der Waals surface area contributed by atoms with Gasteiger partial charge in [-0.3, -0.25) is 19.3 Å². The molecular formula is C23H25N3O4S. The van der Waals surface area contributed by atoms with E-state index in [0.717, 1.165) is 11.3 Å². The lowest BCUT2D eigenvalue weighted by molar-refractivity contribution is -0.128. The van der Waals surface area contributed by atoms with Gasteiger partial charge in [-0.2, -0.15) is 0 Å². The summed E-state index contributed by atoms with van der Waals surface area (Å²) in [5.74, 6) is -0.470. The van der Waals surface area contributed by atoms with Crippen LogP contribution in [0.4, 0.5) is 11.4 Å². The molecule has 3 rings (SSSR count). The standard InChI is InChI=1S/C23H25N3O4S/c1-15-5-4-6-19(13-15)25-23-26(11-12-30-3)22(29)20(31-23)14-21(28)24-18-9-7-17(8-10-18)16(2)27/h4-10,13,20H,11-12,14H2,1-3H3,(H,24,28). The van der Waals surface area contributed by atoms with Crippen LogP contribution in [-0.4, -0.2) is 53.2 Å². The molecule has 1 unspecified atom stereocenters. The number of aliphatic imine (C=N–C) groups is 1. The molecule has 2 amide bonds. The van der Waals surface area contributed by atoms with Crippen molar-refractivity contribution < 1.29 is 19.1 Å². The minimum absolute atomic E-state index is 0.0221. The van der Waals surface area contributed by atoms with Crippen LogP contribution in [0.15, 0.2) is 53.5 Å². The first kappa shape index (κ1) is 22.7. The van der Waals surface area contributed by atoms with Crippen LogP contribution >= 0.6 is 11.8 Å². The zero-order chi connectivity index (χ0) is 22.4. The number of ether oxygens (including phenoxy) is 1. The van der Waals surface area contributed by atoms with Crippen molar-refractivity contribution in [3.8, 4) is 0 Å². The minimum Gasteiger partial charge on any atom is -0.383 e. The fourth-order valence-electron chi connectivity index (χ4n) is 3.09. The van der Waals surface area contributed by atoms with Gasteiger partial charge in [-0.25, -0.2) is 4.99 Å². The van der Waals surface area contributed by atoms with Crippen molar-refractivity contribution in [1.82, 2.24) is 4.90 Å². The number of aryl methyl sites for hydroxylation is 1. The molecule has 1 aliphatic heterocycles. The summed E-state index contributed by atoms with van der Waals surface area (Å²) in [5, 5.41) is 2.79. The Bertz CT molecular complexity index is 1000. The third-order valence-corrected chi connectivity index (χ3v) is 5.89. The molecule has 31 heavy (non-hydrogen) atoms. The summed E-state index contributed by atoms with van der Waals surface area (Å²) in [6.45, 7) is 4.22. The summed E-state index contributed by atoms with van der Waals surface area (Å²) in [6.07, 6.45) is 0.0221. The van der Waals surface area contributed by atoms with Crippen molar-refractivity contribution in [3.05, 3.63) is 59.7 Å². The number of ketones is 1. The lowest BCUT2D eigenvalue weighted by Crippen LogP contribution is -2.35. The first-order valence-corrected chi connectivity index (χ1v) is 10.8. The molecule has 2 aromatic rings. The molecular weight excluding hydrogens is 414 g/mol. The molecule has 1 fully saturated rings. The normalized spacial score (nSPS) is 17.3. The average molecular weight is 440 g/mol. The van der Waals surface area contributed by atoms with Crippen LogP contribution in [0, 0.1) is 6.92 Å². The Morgan fingerprint density at radius 1 is 1.19 bits per heavy atom. The molecule has 8 heteroatoms. The van der Waals surface area contributed by atoms with E-state index in [2.05, 4.69) is 10.3 Å². The highest BCUT2D eigenvalue weighted by molar-refractivity contribution is 8.15. The molecule has 0 bridgehead atoms. The number of rotatable bonds is 8. The molecule has 1 aliphatic rings. The number of anilines is 1. The van der Waals surface area contributed by atoms with E-state index in [1.807, 2.05) is 31.2 Å². The quantitative estimate of drug-likeness (QED) is 0.632. The van der Waals surface area contributed by atoms with E-state index in [0.29, 0.717) is 29.6 Å². The van der Waals surface area contributed by atoms with E-state index in [1.54, 1.807) is 36.3 Å². The molecule has 1 heterocycles. The molecule has 0 aliphatic carbocycles. The van der Waals surface area contributed by atoms with Crippen molar-refractivity contribution in [2.24, 2.45) is 4.99 Å². The third kappa shape index (κ3) is 6.02. The maximum absolute atomic E-state index is 12.9. The maximum atomic E-state index is 12.9. The second kappa shape index (κ2) is 10.4. The summed E-state index contributed by atoms with van der Waals surface area (Å²) in [7, 11) is 1.58. The summed E-state index contributed by atoms with van der Waals surface area (Å²) in [6, 6.07) is 14.4. The van der Waals surface area contributed by atoms with E-state index in [-0.39, 0.29) is 24.0 Å². The van der Waals surface area contributed by atoms with E-state index >= 15 is 0 Å². The van der Waals surface area contributed by atoms with Gasteiger partial charge in [-0.1, -0.05) is 23.9 Å². The fraction of sp³-hybridized carbons (Fsp3) is 0.304. The first-order valence-electron chi connectivity index (χ1n) is 9.90. The van der Waals surface area contributed by atoms with Crippen molar-refractivity contribution >= 4 is 45.9 Å². The van der Waals surface area contributed by atoms with Gasteiger partial charge in [0.15, 0.2) is 11.0 Å². The molecule has 0 radical (unpaired) electrons. The Morgan fingerprint density at radius 2 is 1.94 bits per heavy atom. The van der Waals surface area contributed by atoms with Crippen molar-refractivity contribution in [3.63, 3.8) is 0 Å². The maximum Gasteiger partial charge on any atom is 0.242 e. The van der Waals surface area contributed by atoms with Crippen molar-refractivity contribution in [2.45, 2.75) is 25.5 Å². The smallest absolute Gasteiger partial charge is 0.242 e. The number of thioether (sulfide) groups is 1. The third-order valence-electron chi connectivity index (χ3n) is 4.71. The largest absolute Gasteiger partial charge is 0.383 e. The molecule has 7 nitrogen and oxygen atoms in total. The molecule has 0 spiro atoms. The van der Waals surface area contributed by atoms with E-state index < -0.39 is 5.25 Å². The number of amidine groups is 1. The monoisotopic (exact) mass is 439 g/mol. The van der Waals surface area contributed by atoms with Crippen LogP contribution in [0.5, 0.6) is 0 Å². The van der Waals surface area contributed by atoms with Gasteiger partial charge in [0.05, 0.1) is 18.8 Å². The van der Waals surface area contributed by atoms with Gasteiger partial charge in [0.25, 0.3) is 0 Å². The number of hydrogen-bond acceptors (Lipinski definition) is 6. The number of amides is 2. The molecule has 2 aromatic carbocycles. The Kier molecular flexibility index (Phi) is 7.59. The number of carbonyl (C=O) groups is 3. The average Bonchev–Trinajstić information content (AvgIpc) is 3.00. The summed E-state index contributed by atoms with van der Waals surface area (Å²) in [4.78, 5) is 43.1. The number of Topliss-reactive ketones (excluding diaryl/α,β-unsaturated/α-hetero) is 1. The number of methoxy groups -OCH3 is 1.